The summed E-state index contributed by atoms with van der Waals surface area (Å²) in [5.41, 5.74) is 3.14. The third-order valence-electron chi connectivity index (χ3n) is 3.18. The van der Waals surface area contributed by atoms with E-state index in [9.17, 15) is 5.26 Å². The van der Waals surface area contributed by atoms with Gasteiger partial charge >= 0.3 is 0 Å². The van der Waals surface area contributed by atoms with Crippen LogP contribution >= 0.6 is 38.9 Å². The lowest BCUT2D eigenvalue weighted by molar-refractivity contribution is 0.919. The Morgan fingerprint density at radius 1 is 1.22 bits per heavy atom. The molecular weight excluding hydrogens is 396 g/mol. The lowest BCUT2D eigenvalue weighted by Gasteiger charge is -2.06. The molecule has 0 saturated heterocycles. The van der Waals surface area contributed by atoms with Gasteiger partial charge in [-0.25, -0.2) is 15.0 Å². The van der Waals surface area contributed by atoms with E-state index >= 15 is 0 Å². The predicted molar refractivity (Wildman–Crippen MR) is 94.5 cm³/mol. The van der Waals surface area contributed by atoms with Crippen LogP contribution in [0.4, 0.5) is 0 Å². The Morgan fingerprint density at radius 2 is 1.96 bits per heavy atom. The maximum atomic E-state index is 9.54. The van der Waals surface area contributed by atoms with Gasteiger partial charge in [0, 0.05) is 21.1 Å². The van der Waals surface area contributed by atoms with Crippen molar-refractivity contribution in [1.82, 2.24) is 15.0 Å². The van der Waals surface area contributed by atoms with E-state index in [2.05, 4.69) is 37.0 Å². The molecule has 3 aromatic rings. The van der Waals surface area contributed by atoms with Crippen LogP contribution in [-0.2, 0) is 0 Å². The highest BCUT2D eigenvalue weighted by atomic mass is 79.9. The Morgan fingerprint density at radius 3 is 2.61 bits per heavy atom. The molecule has 2 aromatic heterocycles. The molecule has 0 spiro atoms. The van der Waals surface area contributed by atoms with Crippen molar-refractivity contribution in [2.75, 3.05) is 0 Å². The summed E-state index contributed by atoms with van der Waals surface area (Å²) in [6.07, 6.45) is 0. The smallest absolute Gasteiger partial charge is 0.222 e. The second kappa shape index (κ2) is 6.75. The minimum atomic E-state index is -0.552. The van der Waals surface area contributed by atoms with Crippen LogP contribution in [0.2, 0.25) is 5.28 Å². The van der Waals surface area contributed by atoms with Crippen LogP contribution in [-0.4, -0.2) is 15.0 Å². The zero-order valence-corrected chi connectivity index (χ0v) is 15.2. The highest BCUT2D eigenvalue weighted by Crippen LogP contribution is 2.30. The molecule has 0 aliphatic rings. The maximum Gasteiger partial charge on any atom is 0.222 e. The second-order valence-corrected chi connectivity index (χ2v) is 6.99. The van der Waals surface area contributed by atoms with Gasteiger partial charge in [0.05, 0.1) is 17.5 Å². The molecule has 1 atom stereocenters. The van der Waals surface area contributed by atoms with Gasteiger partial charge in [-0.3, -0.25) is 0 Å². The highest BCUT2D eigenvalue weighted by Gasteiger charge is 2.20. The van der Waals surface area contributed by atoms with Crippen LogP contribution in [0.25, 0.3) is 11.3 Å². The average molecular weight is 406 g/mol. The lowest BCUT2D eigenvalue weighted by atomic mass is 10.1. The van der Waals surface area contributed by atoms with Gasteiger partial charge in [0.1, 0.15) is 10.9 Å². The number of hydrogen-bond donors (Lipinski definition) is 0. The first-order chi connectivity index (χ1) is 11.1. The summed E-state index contributed by atoms with van der Waals surface area (Å²) < 4.78 is 1.01. The summed E-state index contributed by atoms with van der Waals surface area (Å²) in [7, 11) is 0. The Hall–Kier alpha value is -1.81. The van der Waals surface area contributed by atoms with E-state index in [1.54, 1.807) is 6.07 Å². The molecule has 1 aromatic carbocycles. The minimum absolute atomic E-state index is 0.143. The Labute approximate surface area is 151 Å². The molecular formula is C16H10BrClN4S. The fourth-order valence-corrected chi connectivity index (χ4v) is 3.50. The van der Waals surface area contributed by atoms with Gasteiger partial charge in [0.2, 0.25) is 5.28 Å². The van der Waals surface area contributed by atoms with Gasteiger partial charge in [-0.15, -0.1) is 11.3 Å². The van der Waals surface area contributed by atoms with Gasteiger partial charge in [-0.05, 0) is 36.7 Å². The van der Waals surface area contributed by atoms with Crippen LogP contribution in [0.5, 0.6) is 0 Å². The normalized spacial score (nSPS) is 11.9. The molecule has 3 rings (SSSR count). The van der Waals surface area contributed by atoms with E-state index in [0.717, 1.165) is 21.4 Å². The molecule has 0 amide bonds. The molecule has 0 aliphatic heterocycles. The first kappa shape index (κ1) is 16.1. The number of aryl methyl sites for hydroxylation is 1. The summed E-state index contributed by atoms with van der Waals surface area (Å²) in [4.78, 5) is 12.8. The summed E-state index contributed by atoms with van der Waals surface area (Å²) in [5, 5.41) is 12.3. The first-order valence-corrected chi connectivity index (χ1v) is 8.74. The molecule has 0 saturated carbocycles. The molecule has 0 N–H and O–H groups in total. The van der Waals surface area contributed by atoms with Gasteiger partial charge in [-0.1, -0.05) is 28.1 Å². The number of nitrogens with zero attached hydrogens (tertiary/aromatic N) is 4. The van der Waals surface area contributed by atoms with Gasteiger partial charge in [-0.2, -0.15) is 5.26 Å². The molecule has 7 heteroatoms. The zero-order chi connectivity index (χ0) is 16.4. The number of aromatic nitrogens is 3. The van der Waals surface area contributed by atoms with Crippen LogP contribution in [0, 0.1) is 18.3 Å². The molecule has 0 bridgehead atoms. The van der Waals surface area contributed by atoms with E-state index in [4.69, 9.17) is 11.6 Å². The van der Waals surface area contributed by atoms with Gasteiger partial charge in [0.25, 0.3) is 0 Å². The first-order valence-electron chi connectivity index (χ1n) is 6.69. The van der Waals surface area contributed by atoms with E-state index < -0.39 is 5.92 Å². The molecule has 23 heavy (non-hydrogen) atoms. The minimum Gasteiger partial charge on any atom is -0.239 e. The molecule has 0 fully saturated rings. The summed E-state index contributed by atoms with van der Waals surface area (Å²) in [5.74, 6) is -0.552. The van der Waals surface area contributed by atoms with Gasteiger partial charge in [0.15, 0.2) is 0 Å². The largest absolute Gasteiger partial charge is 0.239 e. The fraction of sp³-hybridized carbons (Fsp3) is 0.125. The monoisotopic (exact) mass is 404 g/mol. The maximum absolute atomic E-state index is 9.54. The van der Waals surface area contributed by atoms with Crippen molar-refractivity contribution in [1.29, 1.82) is 5.26 Å². The molecule has 114 valence electrons. The van der Waals surface area contributed by atoms with Crippen molar-refractivity contribution < 1.29 is 0 Å². The predicted octanol–water partition coefficient (Wildman–Crippen LogP) is 4.98. The van der Waals surface area contributed by atoms with E-state index in [1.165, 1.54) is 11.3 Å². The summed E-state index contributed by atoms with van der Waals surface area (Å²) in [6, 6.07) is 11.9. The van der Waals surface area contributed by atoms with Crippen LogP contribution in [0.3, 0.4) is 0 Å². The topological polar surface area (TPSA) is 62.5 Å². The number of rotatable bonds is 3. The average Bonchev–Trinajstić information content (AvgIpc) is 2.97. The number of halogens is 2. The van der Waals surface area contributed by atoms with Crippen molar-refractivity contribution in [2.45, 2.75) is 12.8 Å². The SMILES string of the molecule is Cc1cc(C(C#N)c2nc(-c3ccc(Br)cc3)cs2)nc(Cl)n1. The van der Waals surface area contributed by atoms with Crippen molar-refractivity contribution in [3.05, 3.63) is 61.9 Å². The number of thiazole rings is 1. The third-order valence-corrected chi connectivity index (χ3v) is 4.79. The Balaban J connectivity index is 1.97. The van der Waals surface area contributed by atoms with E-state index in [1.807, 2.05) is 36.6 Å². The Kier molecular flexibility index (Phi) is 4.71. The van der Waals surface area contributed by atoms with Crippen LogP contribution in [0.1, 0.15) is 22.3 Å². The lowest BCUT2D eigenvalue weighted by Crippen LogP contribution is -2.03. The van der Waals surface area contributed by atoms with Gasteiger partial charge < -0.3 is 0 Å². The molecule has 0 aliphatic carbocycles. The van der Waals surface area contributed by atoms with E-state index in [0.29, 0.717) is 10.7 Å². The molecule has 0 radical (unpaired) electrons. The third kappa shape index (κ3) is 3.58. The van der Waals surface area contributed by atoms with Crippen LogP contribution in [0.15, 0.2) is 40.2 Å². The number of hydrogen-bond acceptors (Lipinski definition) is 5. The van der Waals surface area contributed by atoms with Crippen molar-refractivity contribution in [3.8, 4) is 17.3 Å². The van der Waals surface area contributed by atoms with E-state index in [-0.39, 0.29) is 5.28 Å². The fourth-order valence-electron chi connectivity index (χ4n) is 2.12. The second-order valence-electron chi connectivity index (χ2n) is 4.84. The molecule has 2 heterocycles. The number of nitriles is 1. The van der Waals surface area contributed by atoms with Crippen molar-refractivity contribution in [2.24, 2.45) is 0 Å². The Bertz CT molecular complexity index is 866. The quantitative estimate of drug-likeness (QED) is 0.576. The molecule has 1 unspecified atom stereocenters. The van der Waals surface area contributed by atoms with Crippen LogP contribution < -0.4 is 0 Å². The van der Waals surface area contributed by atoms with Crippen molar-refractivity contribution in [3.63, 3.8) is 0 Å². The summed E-state index contributed by atoms with van der Waals surface area (Å²) >= 11 is 10.8. The number of benzene rings is 1. The zero-order valence-electron chi connectivity index (χ0n) is 12.0. The highest BCUT2D eigenvalue weighted by molar-refractivity contribution is 9.10. The van der Waals surface area contributed by atoms with Crippen molar-refractivity contribution >= 4 is 38.9 Å². The molecule has 4 nitrogen and oxygen atoms in total. The standard InChI is InChI=1S/C16H10BrClN4S/c1-9-6-13(22-16(18)20-9)12(7-19)15-21-14(8-23-15)10-2-4-11(17)5-3-10/h2-6,8,12H,1H3. The summed E-state index contributed by atoms with van der Waals surface area (Å²) in [6.45, 7) is 1.82.